The van der Waals surface area contributed by atoms with Crippen molar-refractivity contribution in [1.82, 2.24) is 4.31 Å². The maximum absolute atomic E-state index is 12.6. The van der Waals surface area contributed by atoms with Crippen molar-refractivity contribution in [2.24, 2.45) is 0 Å². The molecular weight excluding hydrogens is 326 g/mol. The fourth-order valence-corrected chi connectivity index (χ4v) is 5.32. The van der Waals surface area contributed by atoms with Crippen LogP contribution in [0.2, 0.25) is 0 Å². The number of rotatable bonds is 5. The first-order valence-electron chi connectivity index (χ1n) is 7.31. The first-order valence-corrected chi connectivity index (χ1v) is 9.80. The van der Waals surface area contributed by atoms with E-state index >= 15 is 0 Å². The van der Waals surface area contributed by atoms with E-state index in [-0.39, 0.29) is 18.8 Å². The van der Waals surface area contributed by atoms with Crippen LogP contribution in [-0.4, -0.2) is 54.3 Å². The average molecular weight is 345 g/mol. The lowest BCUT2D eigenvalue weighted by Crippen LogP contribution is -2.62. The minimum absolute atomic E-state index is 0.00985. The number of morpholine rings is 1. The van der Waals surface area contributed by atoms with Crippen molar-refractivity contribution in [2.75, 3.05) is 18.8 Å². The molecule has 1 aliphatic heterocycles. The predicted octanol–water partition coefficient (Wildman–Crippen LogP) is 1.33. The summed E-state index contributed by atoms with van der Waals surface area (Å²) in [5.41, 5.74) is -0.586. The topological polar surface area (TPSA) is 83.9 Å². The maximum Gasteiger partial charge on any atom is 0.334 e. The van der Waals surface area contributed by atoms with Gasteiger partial charge in [-0.2, -0.15) is 4.31 Å². The second-order valence-corrected chi connectivity index (χ2v) is 9.04. The second kappa shape index (κ2) is 5.92. The Bertz CT molecular complexity index is 636. The van der Waals surface area contributed by atoms with Gasteiger partial charge in [0.15, 0.2) is 6.10 Å². The molecule has 1 aromatic heterocycles. The van der Waals surface area contributed by atoms with Crippen LogP contribution in [0.5, 0.6) is 0 Å². The van der Waals surface area contributed by atoms with E-state index in [4.69, 9.17) is 4.74 Å². The zero-order valence-electron chi connectivity index (χ0n) is 12.1. The van der Waals surface area contributed by atoms with Crippen LogP contribution in [0.3, 0.4) is 0 Å². The summed E-state index contributed by atoms with van der Waals surface area (Å²) >= 11 is 1.53. The number of aryl methyl sites for hydroxylation is 1. The van der Waals surface area contributed by atoms with Gasteiger partial charge in [-0.05, 0) is 37.1 Å². The molecule has 6 nitrogen and oxygen atoms in total. The van der Waals surface area contributed by atoms with Gasteiger partial charge >= 0.3 is 5.97 Å². The highest BCUT2D eigenvalue weighted by molar-refractivity contribution is 7.89. The Morgan fingerprint density at radius 1 is 1.50 bits per heavy atom. The number of carboxylic acids is 1. The lowest BCUT2D eigenvalue weighted by atomic mass is 9.79. The van der Waals surface area contributed by atoms with Crippen LogP contribution in [0.4, 0.5) is 0 Å². The smallest absolute Gasteiger partial charge is 0.334 e. The van der Waals surface area contributed by atoms with Gasteiger partial charge in [-0.15, -0.1) is 11.3 Å². The zero-order valence-corrected chi connectivity index (χ0v) is 13.7. The third-order valence-electron chi connectivity index (χ3n) is 4.35. The monoisotopic (exact) mass is 345 g/mol. The van der Waals surface area contributed by atoms with Crippen LogP contribution in [0.25, 0.3) is 0 Å². The van der Waals surface area contributed by atoms with Crippen molar-refractivity contribution in [3.05, 3.63) is 22.4 Å². The number of thiophene rings is 1. The SMILES string of the molecule is O=C(O)C1CN(S(=O)(=O)CCc2cccs2)CC2(CCC2)O1. The number of hydrogen-bond acceptors (Lipinski definition) is 5. The molecule has 0 aromatic carbocycles. The van der Waals surface area contributed by atoms with Gasteiger partial charge in [0, 0.05) is 11.4 Å². The Balaban J connectivity index is 1.72. The molecule has 22 heavy (non-hydrogen) atoms. The maximum atomic E-state index is 12.6. The number of sulfonamides is 1. The predicted molar refractivity (Wildman–Crippen MR) is 82.5 cm³/mol. The molecule has 1 N–H and O–H groups in total. The molecular formula is C14H19NO5S2. The van der Waals surface area contributed by atoms with E-state index in [1.165, 1.54) is 15.6 Å². The standard InChI is InChI=1S/C14H19NO5S2/c16-13(17)12-9-15(10-14(20-12)5-2-6-14)22(18,19)8-4-11-3-1-7-21-11/h1,3,7,12H,2,4-6,8-10H2,(H,16,17). The molecule has 1 saturated carbocycles. The van der Waals surface area contributed by atoms with Gasteiger partial charge in [0.1, 0.15) is 0 Å². The molecule has 1 saturated heterocycles. The van der Waals surface area contributed by atoms with Crippen molar-refractivity contribution in [2.45, 2.75) is 37.4 Å². The fraction of sp³-hybridized carbons (Fsp3) is 0.643. The number of carboxylic acid groups (broad SMARTS) is 1. The molecule has 1 atom stereocenters. The number of carbonyl (C=O) groups is 1. The molecule has 3 rings (SSSR count). The summed E-state index contributed by atoms with van der Waals surface area (Å²) in [6.45, 7) is 0.188. The molecule has 1 aliphatic carbocycles. The molecule has 122 valence electrons. The van der Waals surface area contributed by atoms with Crippen LogP contribution in [-0.2, 0) is 26.0 Å². The highest BCUT2D eigenvalue weighted by atomic mass is 32.2. The van der Waals surface area contributed by atoms with Gasteiger partial charge in [0.2, 0.25) is 10.0 Å². The molecule has 2 heterocycles. The highest BCUT2D eigenvalue weighted by Gasteiger charge is 2.49. The average Bonchev–Trinajstić information content (AvgIpc) is 2.96. The quantitative estimate of drug-likeness (QED) is 0.870. The molecule has 1 spiro atoms. The first-order chi connectivity index (χ1) is 10.4. The van der Waals surface area contributed by atoms with Crippen molar-refractivity contribution < 1.29 is 23.1 Å². The Labute approximate surface area is 133 Å². The summed E-state index contributed by atoms with van der Waals surface area (Å²) in [6.07, 6.45) is 1.81. The van der Waals surface area contributed by atoms with E-state index in [1.54, 1.807) is 0 Å². The van der Waals surface area contributed by atoms with Gasteiger partial charge < -0.3 is 9.84 Å². The van der Waals surface area contributed by atoms with Crippen molar-refractivity contribution in [3.8, 4) is 0 Å². The lowest BCUT2D eigenvalue weighted by molar-refractivity contribution is -0.195. The Hall–Kier alpha value is -0.960. The van der Waals surface area contributed by atoms with Gasteiger partial charge in [-0.3, -0.25) is 0 Å². The minimum atomic E-state index is -3.48. The summed E-state index contributed by atoms with van der Waals surface area (Å²) in [5.74, 6) is -1.08. The van der Waals surface area contributed by atoms with E-state index in [0.717, 1.165) is 24.1 Å². The normalized spacial score (nSPS) is 25.0. The molecule has 0 radical (unpaired) electrons. The summed E-state index contributed by atoms with van der Waals surface area (Å²) < 4.78 is 32.1. The number of ether oxygens (including phenoxy) is 1. The van der Waals surface area contributed by atoms with Crippen molar-refractivity contribution in [1.29, 1.82) is 0 Å². The largest absolute Gasteiger partial charge is 0.479 e. The van der Waals surface area contributed by atoms with Crippen LogP contribution in [0, 0.1) is 0 Å². The van der Waals surface area contributed by atoms with Gasteiger partial charge in [0.25, 0.3) is 0 Å². The van der Waals surface area contributed by atoms with Crippen LogP contribution < -0.4 is 0 Å². The Morgan fingerprint density at radius 3 is 2.82 bits per heavy atom. The second-order valence-electron chi connectivity index (χ2n) is 5.92. The van der Waals surface area contributed by atoms with Crippen molar-refractivity contribution in [3.63, 3.8) is 0 Å². The Morgan fingerprint density at radius 2 is 2.27 bits per heavy atom. The Kier molecular flexibility index (Phi) is 4.28. The third kappa shape index (κ3) is 3.19. The van der Waals surface area contributed by atoms with E-state index in [9.17, 15) is 18.3 Å². The highest BCUT2D eigenvalue weighted by Crippen LogP contribution is 2.40. The summed E-state index contributed by atoms with van der Waals surface area (Å²) in [7, 11) is -3.48. The van der Waals surface area contributed by atoms with Gasteiger partial charge in [-0.25, -0.2) is 13.2 Å². The minimum Gasteiger partial charge on any atom is -0.479 e. The van der Waals surface area contributed by atoms with Crippen LogP contribution >= 0.6 is 11.3 Å². The number of aliphatic carboxylic acids is 1. The molecule has 1 aromatic rings. The van der Waals surface area contributed by atoms with E-state index < -0.39 is 27.7 Å². The lowest BCUT2D eigenvalue weighted by Gasteiger charge is -2.49. The summed E-state index contributed by atoms with van der Waals surface area (Å²) in [5, 5.41) is 11.1. The molecule has 8 heteroatoms. The van der Waals surface area contributed by atoms with Crippen LogP contribution in [0.1, 0.15) is 24.1 Å². The number of hydrogen-bond donors (Lipinski definition) is 1. The molecule has 2 aliphatic rings. The molecule has 1 unspecified atom stereocenters. The fourth-order valence-electron chi connectivity index (χ4n) is 2.95. The molecule has 0 bridgehead atoms. The van der Waals surface area contributed by atoms with E-state index in [2.05, 4.69) is 0 Å². The van der Waals surface area contributed by atoms with Crippen LogP contribution in [0.15, 0.2) is 17.5 Å². The van der Waals surface area contributed by atoms with Gasteiger partial charge in [0.05, 0.1) is 17.9 Å². The van der Waals surface area contributed by atoms with Gasteiger partial charge in [-0.1, -0.05) is 6.07 Å². The van der Waals surface area contributed by atoms with E-state index in [1.807, 2.05) is 17.5 Å². The summed E-state index contributed by atoms with van der Waals surface area (Å²) in [4.78, 5) is 12.3. The third-order valence-corrected chi connectivity index (χ3v) is 7.07. The van der Waals surface area contributed by atoms with E-state index in [0.29, 0.717) is 6.42 Å². The zero-order chi connectivity index (χ0) is 15.8. The first kappa shape index (κ1) is 15.9. The molecule has 0 amide bonds. The molecule has 2 fully saturated rings. The number of nitrogens with zero attached hydrogens (tertiary/aromatic N) is 1. The summed E-state index contributed by atoms with van der Waals surface area (Å²) in [6, 6.07) is 3.80. The van der Waals surface area contributed by atoms with Crippen molar-refractivity contribution >= 4 is 27.3 Å².